The van der Waals surface area contributed by atoms with Gasteiger partial charge in [-0.05, 0) is 19.7 Å². The Balaban J connectivity index is 0.00000208. The number of fused-ring (bicyclic) bond motifs is 1. The van der Waals surface area contributed by atoms with E-state index in [0.717, 1.165) is 12.1 Å². The number of nitrogens with one attached hydrogen (secondary N) is 1. The van der Waals surface area contributed by atoms with Crippen LogP contribution < -0.4 is 11.2 Å². The summed E-state index contributed by atoms with van der Waals surface area (Å²) >= 11 is 0. The second-order valence-electron chi connectivity index (χ2n) is 5.74. The predicted molar refractivity (Wildman–Crippen MR) is 96.0 cm³/mol. The van der Waals surface area contributed by atoms with Crippen molar-refractivity contribution in [1.29, 1.82) is 0 Å². The summed E-state index contributed by atoms with van der Waals surface area (Å²) in [5, 5.41) is 0. The van der Waals surface area contributed by atoms with E-state index in [-0.39, 0.29) is 12.4 Å². The number of aromatic amines is 1. The molecule has 8 heteroatoms. The quantitative estimate of drug-likeness (QED) is 0.743. The van der Waals surface area contributed by atoms with Gasteiger partial charge in [-0.2, -0.15) is 0 Å². The summed E-state index contributed by atoms with van der Waals surface area (Å²) in [4.78, 5) is 33.1. The molecule has 128 valence electrons. The maximum Gasteiger partial charge on any atom is 0.330 e. The van der Waals surface area contributed by atoms with Crippen LogP contribution in [-0.2, 0) is 13.1 Å². The molecule has 0 aliphatic carbocycles. The molecule has 0 radical (unpaired) electrons. The number of H-pyrrole nitrogens is 1. The van der Waals surface area contributed by atoms with Crippen molar-refractivity contribution in [1.82, 2.24) is 24.0 Å². The Bertz CT molecular complexity index is 927. The van der Waals surface area contributed by atoms with E-state index in [0.29, 0.717) is 24.3 Å². The first-order valence-corrected chi connectivity index (χ1v) is 7.43. The molecular formula is C16H20ClN5O2. The molecule has 0 unspecified atom stereocenters. The van der Waals surface area contributed by atoms with Crippen LogP contribution in [0.2, 0.25) is 0 Å². The molecule has 7 nitrogen and oxygen atoms in total. The minimum atomic E-state index is -0.441. The standard InChI is InChI=1S/C16H19N5O2.ClH/c1-19(2)8-9-20-11-17-14-13(20)15(22)18-16(23)21(14)10-12-6-4-3-5-7-12;/h3-7,11H,8-10H2,1-2H3,(H,18,22,23);1H. The Labute approximate surface area is 145 Å². The van der Waals surface area contributed by atoms with Gasteiger partial charge in [0.25, 0.3) is 5.56 Å². The predicted octanol–water partition coefficient (Wildman–Crippen LogP) is 0.918. The van der Waals surface area contributed by atoms with E-state index in [4.69, 9.17) is 0 Å². The molecular weight excluding hydrogens is 330 g/mol. The van der Waals surface area contributed by atoms with E-state index in [9.17, 15) is 9.59 Å². The summed E-state index contributed by atoms with van der Waals surface area (Å²) in [6, 6.07) is 9.63. The van der Waals surface area contributed by atoms with Gasteiger partial charge < -0.3 is 9.47 Å². The van der Waals surface area contributed by atoms with Gasteiger partial charge in [0.15, 0.2) is 11.2 Å². The van der Waals surface area contributed by atoms with Gasteiger partial charge >= 0.3 is 5.69 Å². The molecule has 0 aliphatic heterocycles. The van der Waals surface area contributed by atoms with Gasteiger partial charge in [0.2, 0.25) is 0 Å². The van der Waals surface area contributed by atoms with E-state index >= 15 is 0 Å². The topological polar surface area (TPSA) is 75.9 Å². The number of hydrogen-bond acceptors (Lipinski definition) is 4. The molecule has 3 aromatic rings. The van der Waals surface area contributed by atoms with Crippen LogP contribution in [0.3, 0.4) is 0 Å². The Hall–Kier alpha value is -2.38. The first kappa shape index (κ1) is 18.0. The molecule has 0 saturated carbocycles. The van der Waals surface area contributed by atoms with Crippen LogP contribution in [0.5, 0.6) is 0 Å². The fraction of sp³-hybridized carbons (Fsp3) is 0.312. The highest BCUT2D eigenvalue weighted by molar-refractivity contribution is 5.85. The van der Waals surface area contributed by atoms with Gasteiger partial charge in [0.1, 0.15) is 0 Å². The number of rotatable bonds is 5. The lowest BCUT2D eigenvalue weighted by atomic mass is 10.2. The highest BCUT2D eigenvalue weighted by atomic mass is 35.5. The lowest BCUT2D eigenvalue weighted by Gasteiger charge is -2.10. The molecule has 1 aromatic carbocycles. The third kappa shape index (κ3) is 3.58. The molecule has 24 heavy (non-hydrogen) atoms. The lowest BCUT2D eigenvalue weighted by molar-refractivity contribution is 0.386. The summed E-state index contributed by atoms with van der Waals surface area (Å²) in [5.41, 5.74) is 0.990. The van der Waals surface area contributed by atoms with Crippen molar-refractivity contribution in [3.05, 3.63) is 63.1 Å². The average Bonchev–Trinajstić information content (AvgIpc) is 2.95. The molecule has 2 aromatic heterocycles. The van der Waals surface area contributed by atoms with Crippen molar-refractivity contribution in [3.8, 4) is 0 Å². The summed E-state index contributed by atoms with van der Waals surface area (Å²) in [7, 11) is 3.93. The number of hydrogen-bond donors (Lipinski definition) is 1. The Morgan fingerprint density at radius 1 is 1.17 bits per heavy atom. The maximum absolute atomic E-state index is 12.2. The molecule has 0 spiro atoms. The first-order chi connectivity index (χ1) is 11.1. The van der Waals surface area contributed by atoms with E-state index in [1.54, 1.807) is 10.9 Å². The summed E-state index contributed by atoms with van der Waals surface area (Å²) < 4.78 is 3.29. The fourth-order valence-electron chi connectivity index (χ4n) is 2.51. The number of aromatic nitrogens is 4. The SMILES string of the molecule is CN(C)CCn1cnc2c1c(=O)[nH]c(=O)n2Cc1ccccc1.Cl. The number of nitrogens with zero attached hydrogens (tertiary/aromatic N) is 4. The summed E-state index contributed by atoms with van der Waals surface area (Å²) in [6.45, 7) is 1.79. The fourth-order valence-corrected chi connectivity index (χ4v) is 2.51. The van der Waals surface area contributed by atoms with Crippen LogP contribution in [0.15, 0.2) is 46.2 Å². The molecule has 2 heterocycles. The average molecular weight is 350 g/mol. The van der Waals surface area contributed by atoms with Crippen molar-refractivity contribution in [2.45, 2.75) is 13.1 Å². The van der Waals surface area contributed by atoms with Gasteiger partial charge in [-0.15, -0.1) is 12.4 Å². The van der Waals surface area contributed by atoms with Crippen molar-refractivity contribution in [3.63, 3.8) is 0 Å². The summed E-state index contributed by atoms with van der Waals surface area (Å²) in [5.74, 6) is 0. The second kappa shape index (κ2) is 7.46. The van der Waals surface area contributed by atoms with Crippen LogP contribution in [0.1, 0.15) is 5.56 Å². The van der Waals surface area contributed by atoms with Crippen LogP contribution in [0.25, 0.3) is 11.2 Å². The van der Waals surface area contributed by atoms with Gasteiger partial charge in [-0.1, -0.05) is 30.3 Å². The first-order valence-electron chi connectivity index (χ1n) is 7.43. The molecule has 1 N–H and O–H groups in total. The minimum absolute atomic E-state index is 0. The van der Waals surface area contributed by atoms with Crippen molar-refractivity contribution >= 4 is 23.6 Å². The largest absolute Gasteiger partial charge is 0.330 e. The lowest BCUT2D eigenvalue weighted by Crippen LogP contribution is -2.31. The Morgan fingerprint density at radius 2 is 1.88 bits per heavy atom. The molecule has 0 fully saturated rings. The molecule has 0 amide bonds. The maximum atomic E-state index is 12.2. The number of halogens is 1. The highest BCUT2D eigenvalue weighted by Crippen LogP contribution is 2.08. The third-order valence-electron chi connectivity index (χ3n) is 3.73. The van der Waals surface area contributed by atoms with Gasteiger partial charge in [0.05, 0.1) is 12.9 Å². The third-order valence-corrected chi connectivity index (χ3v) is 3.73. The number of benzene rings is 1. The second-order valence-corrected chi connectivity index (χ2v) is 5.74. The highest BCUT2D eigenvalue weighted by Gasteiger charge is 2.13. The van der Waals surface area contributed by atoms with Crippen LogP contribution in [-0.4, -0.2) is 44.6 Å². The Morgan fingerprint density at radius 3 is 2.54 bits per heavy atom. The van der Waals surface area contributed by atoms with Gasteiger partial charge in [-0.3, -0.25) is 14.3 Å². The monoisotopic (exact) mass is 349 g/mol. The number of imidazole rings is 1. The van der Waals surface area contributed by atoms with Crippen molar-refractivity contribution < 1.29 is 0 Å². The smallest absolute Gasteiger partial charge is 0.323 e. The minimum Gasteiger partial charge on any atom is -0.323 e. The van der Waals surface area contributed by atoms with Crippen molar-refractivity contribution in [2.75, 3.05) is 20.6 Å². The van der Waals surface area contributed by atoms with Crippen molar-refractivity contribution in [2.24, 2.45) is 0 Å². The zero-order valence-electron chi connectivity index (χ0n) is 13.6. The molecule has 0 aliphatic rings. The normalized spacial score (nSPS) is 11.0. The van der Waals surface area contributed by atoms with E-state index in [1.807, 2.05) is 49.3 Å². The number of likely N-dealkylation sites (N-methyl/N-ethyl adjacent to an activating group) is 1. The van der Waals surface area contributed by atoms with E-state index in [1.165, 1.54) is 4.57 Å². The van der Waals surface area contributed by atoms with E-state index < -0.39 is 11.2 Å². The molecule has 3 rings (SSSR count). The molecule has 0 atom stereocenters. The van der Waals surface area contributed by atoms with Gasteiger partial charge in [0, 0.05) is 13.1 Å². The van der Waals surface area contributed by atoms with Crippen LogP contribution in [0.4, 0.5) is 0 Å². The zero-order valence-corrected chi connectivity index (χ0v) is 14.4. The van der Waals surface area contributed by atoms with Gasteiger partial charge in [-0.25, -0.2) is 9.78 Å². The molecule has 0 bridgehead atoms. The molecule has 0 saturated heterocycles. The summed E-state index contributed by atoms with van der Waals surface area (Å²) in [6.07, 6.45) is 1.62. The zero-order chi connectivity index (χ0) is 16.4. The van der Waals surface area contributed by atoms with E-state index in [2.05, 4.69) is 9.97 Å². The van der Waals surface area contributed by atoms with Crippen LogP contribution in [0, 0.1) is 0 Å². The Kier molecular flexibility index (Phi) is 5.58. The van der Waals surface area contributed by atoms with Crippen LogP contribution >= 0.6 is 12.4 Å².